The molecule has 4 aromatic rings. The number of fused-ring (bicyclic) bond motifs is 1. The minimum Gasteiger partial charge on any atom is -0.490 e. The first-order valence-corrected chi connectivity index (χ1v) is 13.4. The molecule has 1 aliphatic rings. The highest BCUT2D eigenvalue weighted by Gasteiger charge is 2.28. The van der Waals surface area contributed by atoms with E-state index in [1.54, 1.807) is 17.0 Å². The third-order valence-corrected chi connectivity index (χ3v) is 6.55. The van der Waals surface area contributed by atoms with Crippen LogP contribution in [-0.4, -0.2) is 67.5 Å². The van der Waals surface area contributed by atoms with Gasteiger partial charge in [-0.2, -0.15) is 0 Å². The highest BCUT2D eigenvalue weighted by Crippen LogP contribution is 2.26. The SMILES string of the molecule is Cc1cc(OC2CCN(C(=O)OC(C)(C)C)CC2)ccc1NC(=O)c1nc[nH]c1C(=O)Nc1nc2ccccc2[nH]1. The third-order valence-electron chi connectivity index (χ3n) is 6.55. The maximum atomic E-state index is 13.0. The van der Waals surface area contributed by atoms with E-state index in [1.165, 1.54) is 6.33 Å². The maximum absolute atomic E-state index is 13.0. The number of likely N-dealkylation sites (tertiary alicyclic amines) is 1. The third kappa shape index (κ3) is 6.65. The minimum atomic E-state index is -0.551. The quantitative estimate of drug-likeness (QED) is 0.263. The summed E-state index contributed by atoms with van der Waals surface area (Å²) in [6.07, 6.45) is 2.33. The highest BCUT2D eigenvalue weighted by atomic mass is 16.6. The van der Waals surface area contributed by atoms with Crippen molar-refractivity contribution in [3.8, 4) is 5.75 Å². The van der Waals surface area contributed by atoms with Gasteiger partial charge in [0.25, 0.3) is 11.8 Å². The molecule has 1 fully saturated rings. The zero-order chi connectivity index (χ0) is 29.1. The van der Waals surface area contributed by atoms with Crippen LogP contribution in [0.15, 0.2) is 48.8 Å². The summed E-state index contributed by atoms with van der Waals surface area (Å²) in [5.41, 5.74) is 2.27. The molecule has 41 heavy (non-hydrogen) atoms. The number of H-pyrrole nitrogens is 2. The number of rotatable bonds is 6. The van der Waals surface area contributed by atoms with Crippen molar-refractivity contribution in [2.24, 2.45) is 0 Å². The predicted molar refractivity (Wildman–Crippen MR) is 153 cm³/mol. The Bertz CT molecular complexity index is 1540. The first-order chi connectivity index (χ1) is 19.6. The van der Waals surface area contributed by atoms with E-state index in [1.807, 2.05) is 58.0 Å². The normalized spacial score (nSPS) is 14.1. The van der Waals surface area contributed by atoms with Gasteiger partial charge < -0.3 is 29.7 Å². The number of amides is 3. The van der Waals surface area contributed by atoms with Crippen molar-refractivity contribution in [3.63, 3.8) is 0 Å². The summed E-state index contributed by atoms with van der Waals surface area (Å²) in [6.45, 7) is 8.52. The fourth-order valence-electron chi connectivity index (χ4n) is 4.53. The van der Waals surface area contributed by atoms with Gasteiger partial charge in [0.05, 0.1) is 17.4 Å². The molecule has 0 bridgehead atoms. The number of hydrogen-bond acceptors (Lipinski definition) is 7. The summed E-state index contributed by atoms with van der Waals surface area (Å²) < 4.78 is 11.6. The Labute approximate surface area is 236 Å². The maximum Gasteiger partial charge on any atom is 0.410 e. The van der Waals surface area contributed by atoms with Crippen LogP contribution in [0.3, 0.4) is 0 Å². The van der Waals surface area contributed by atoms with Crippen LogP contribution in [0.1, 0.15) is 60.2 Å². The van der Waals surface area contributed by atoms with Crippen LogP contribution in [0, 0.1) is 6.92 Å². The summed E-state index contributed by atoms with van der Waals surface area (Å²) in [5, 5.41) is 5.49. The summed E-state index contributed by atoms with van der Waals surface area (Å²) in [4.78, 5) is 54.1. The lowest BCUT2D eigenvalue weighted by Gasteiger charge is -2.33. The Kier molecular flexibility index (Phi) is 7.64. The molecule has 12 nitrogen and oxygen atoms in total. The number of carbonyl (C=O) groups is 3. The largest absolute Gasteiger partial charge is 0.490 e. The Hall–Kier alpha value is -4.87. The number of hydrogen-bond donors (Lipinski definition) is 4. The second kappa shape index (κ2) is 11.3. The summed E-state index contributed by atoms with van der Waals surface area (Å²) >= 11 is 0. The smallest absolute Gasteiger partial charge is 0.410 e. The number of para-hydroxylation sites is 2. The van der Waals surface area contributed by atoms with Crippen molar-refractivity contribution < 1.29 is 23.9 Å². The van der Waals surface area contributed by atoms with Crippen LogP contribution in [0.25, 0.3) is 11.0 Å². The van der Waals surface area contributed by atoms with Crippen molar-refractivity contribution in [2.45, 2.75) is 52.2 Å². The zero-order valence-corrected chi connectivity index (χ0v) is 23.4. The minimum absolute atomic E-state index is 0.0123. The van der Waals surface area contributed by atoms with Gasteiger partial charge in [0.15, 0.2) is 5.69 Å². The molecular weight excluding hydrogens is 526 g/mol. The molecule has 1 saturated heterocycles. The molecule has 3 heterocycles. The van der Waals surface area contributed by atoms with Gasteiger partial charge in [-0.05, 0) is 63.6 Å². The molecule has 5 rings (SSSR count). The van der Waals surface area contributed by atoms with E-state index >= 15 is 0 Å². The van der Waals surface area contributed by atoms with Crippen molar-refractivity contribution in [1.82, 2.24) is 24.8 Å². The number of aromatic nitrogens is 4. The summed E-state index contributed by atoms with van der Waals surface area (Å²) in [5.74, 6) is -0.154. The molecule has 0 atom stereocenters. The lowest BCUT2D eigenvalue weighted by atomic mass is 10.1. The molecule has 2 aromatic carbocycles. The Morgan fingerprint density at radius 1 is 1.02 bits per heavy atom. The Morgan fingerprint density at radius 3 is 2.49 bits per heavy atom. The molecule has 2 aromatic heterocycles. The van der Waals surface area contributed by atoms with Crippen molar-refractivity contribution in [1.29, 1.82) is 0 Å². The van der Waals surface area contributed by atoms with Gasteiger partial charge in [0, 0.05) is 31.6 Å². The van der Waals surface area contributed by atoms with Gasteiger partial charge in [0.1, 0.15) is 23.1 Å². The molecule has 0 unspecified atom stereocenters. The van der Waals surface area contributed by atoms with Gasteiger partial charge in [-0.1, -0.05) is 12.1 Å². The molecule has 0 radical (unpaired) electrons. The van der Waals surface area contributed by atoms with Gasteiger partial charge in [-0.15, -0.1) is 0 Å². The molecule has 1 aliphatic heterocycles. The standard InChI is InChI=1S/C29H33N7O5/c1-17-15-19(40-18-11-13-36(14-12-18)28(39)41-29(2,3)4)9-10-20(17)32-25(37)23-24(31-16-30-23)26(38)35-27-33-21-7-5-6-8-22(21)34-27/h5-10,15-16,18H,11-14H2,1-4H3,(H,30,31)(H,32,37)(H2,33,34,35,38). The van der Waals surface area contributed by atoms with E-state index in [0.29, 0.717) is 42.9 Å². The number of aryl methyl sites for hydroxylation is 1. The van der Waals surface area contributed by atoms with E-state index in [4.69, 9.17) is 9.47 Å². The highest BCUT2D eigenvalue weighted by molar-refractivity contribution is 6.13. The van der Waals surface area contributed by atoms with Gasteiger partial charge in [-0.25, -0.2) is 14.8 Å². The van der Waals surface area contributed by atoms with E-state index in [0.717, 1.165) is 11.1 Å². The number of ether oxygens (including phenoxy) is 2. The number of nitrogens with one attached hydrogen (secondary N) is 4. The van der Waals surface area contributed by atoms with Crippen LogP contribution in [0.5, 0.6) is 5.75 Å². The second-order valence-electron chi connectivity index (χ2n) is 10.9. The van der Waals surface area contributed by atoms with Crippen molar-refractivity contribution in [3.05, 3.63) is 65.7 Å². The van der Waals surface area contributed by atoms with E-state index in [2.05, 4.69) is 30.6 Å². The molecule has 0 aliphatic carbocycles. The molecule has 4 N–H and O–H groups in total. The van der Waals surface area contributed by atoms with Crippen LogP contribution in [0.4, 0.5) is 16.4 Å². The molecule has 0 spiro atoms. The number of nitrogens with zero attached hydrogens (tertiary/aromatic N) is 3. The number of benzene rings is 2. The van der Waals surface area contributed by atoms with E-state index < -0.39 is 17.4 Å². The first kappa shape index (κ1) is 27.7. The van der Waals surface area contributed by atoms with E-state index in [-0.39, 0.29) is 29.5 Å². The number of piperidine rings is 1. The number of carbonyl (C=O) groups excluding carboxylic acids is 3. The van der Waals surface area contributed by atoms with Crippen LogP contribution in [0.2, 0.25) is 0 Å². The number of imidazole rings is 2. The fraction of sp³-hybridized carbons (Fsp3) is 0.345. The summed E-state index contributed by atoms with van der Waals surface area (Å²) in [7, 11) is 0. The fourth-order valence-corrected chi connectivity index (χ4v) is 4.53. The molecule has 214 valence electrons. The van der Waals surface area contributed by atoms with Crippen LogP contribution in [-0.2, 0) is 4.74 Å². The molecule has 0 saturated carbocycles. The van der Waals surface area contributed by atoms with Crippen LogP contribution < -0.4 is 15.4 Å². The topological polar surface area (TPSA) is 154 Å². The van der Waals surface area contributed by atoms with E-state index in [9.17, 15) is 14.4 Å². The molecular formula is C29H33N7O5. The zero-order valence-electron chi connectivity index (χ0n) is 23.4. The summed E-state index contributed by atoms with van der Waals surface area (Å²) in [6, 6.07) is 12.8. The Morgan fingerprint density at radius 2 is 1.78 bits per heavy atom. The molecule has 12 heteroatoms. The van der Waals surface area contributed by atoms with Gasteiger partial charge in [0.2, 0.25) is 5.95 Å². The number of aromatic amines is 2. The van der Waals surface area contributed by atoms with Crippen molar-refractivity contribution >= 4 is 40.6 Å². The number of anilines is 2. The van der Waals surface area contributed by atoms with Gasteiger partial charge in [-0.3, -0.25) is 14.9 Å². The van der Waals surface area contributed by atoms with Gasteiger partial charge >= 0.3 is 6.09 Å². The second-order valence-corrected chi connectivity index (χ2v) is 10.9. The Balaban J connectivity index is 1.17. The average Bonchev–Trinajstić information content (AvgIpc) is 3.57. The monoisotopic (exact) mass is 559 g/mol. The van der Waals surface area contributed by atoms with Crippen LogP contribution >= 0.6 is 0 Å². The molecule has 3 amide bonds. The lowest BCUT2D eigenvalue weighted by Crippen LogP contribution is -2.44. The lowest BCUT2D eigenvalue weighted by molar-refractivity contribution is 0.0126. The van der Waals surface area contributed by atoms with Crippen molar-refractivity contribution in [2.75, 3.05) is 23.7 Å². The average molecular weight is 560 g/mol. The predicted octanol–water partition coefficient (Wildman–Crippen LogP) is 4.88. The first-order valence-electron chi connectivity index (χ1n) is 13.4.